The highest BCUT2D eigenvalue weighted by atomic mass is 33.1. The lowest BCUT2D eigenvalue weighted by atomic mass is 10.0. The van der Waals surface area contributed by atoms with Crippen LogP contribution in [0.3, 0.4) is 0 Å². The summed E-state index contributed by atoms with van der Waals surface area (Å²) in [6, 6.07) is 27.3. The van der Waals surface area contributed by atoms with Crippen LogP contribution < -0.4 is 0 Å². The van der Waals surface area contributed by atoms with Crippen LogP contribution in [0.25, 0.3) is 0 Å². The van der Waals surface area contributed by atoms with E-state index < -0.39 is 0 Å². The molecule has 0 aliphatic heterocycles. The van der Waals surface area contributed by atoms with Gasteiger partial charge in [0.25, 0.3) is 0 Å². The monoisotopic (exact) mass is 537 g/mol. The summed E-state index contributed by atoms with van der Waals surface area (Å²) in [6.07, 6.45) is 19.4. The van der Waals surface area contributed by atoms with Crippen molar-refractivity contribution in [3.05, 3.63) is 96.2 Å². The van der Waals surface area contributed by atoms with Gasteiger partial charge in [0.15, 0.2) is 0 Å². The van der Waals surface area contributed by atoms with E-state index in [1.165, 1.54) is 87.5 Å². The minimum absolute atomic E-state index is 1.12. The summed E-state index contributed by atoms with van der Waals surface area (Å²) < 4.78 is 0. The molecular weight excluding hydrogens is 487 g/mol. The van der Waals surface area contributed by atoms with Gasteiger partial charge in [-0.1, -0.05) is 163 Å². The molecule has 37 heavy (non-hydrogen) atoms. The minimum Gasteiger partial charge on any atom is -0.249 e. The molecule has 1 nitrogen and oxygen atoms in total. The first-order valence-corrected chi connectivity index (χ1v) is 16.9. The Hall–Kier alpha value is -1.71. The normalized spacial score (nSPS) is 10.1. The summed E-state index contributed by atoms with van der Waals surface area (Å²) in [7, 11) is 3.71. The SMILES string of the molecule is CCCCCCCC.CCCCCCCSSc1ccccn1.c1ccc(CCc2ccccc2)cc1. The van der Waals surface area contributed by atoms with Crippen LogP contribution in [0.2, 0.25) is 0 Å². The molecule has 0 bridgehead atoms. The molecule has 0 N–H and O–H groups in total. The summed E-state index contributed by atoms with van der Waals surface area (Å²) >= 11 is 0. The lowest BCUT2D eigenvalue weighted by molar-refractivity contribution is 0.624. The standard InChI is InChI=1S/C14H14.C12H19NS2.C8H18/c1-3-7-13(8-4-1)11-12-14-9-5-2-6-10-14;1-2-3-4-5-8-11-14-15-12-9-6-7-10-13-12;1-3-5-7-8-6-4-2/h1-10H,11-12H2;6-7,9-10H,2-5,8,11H2,1H3;3-8H2,1-2H3. The lowest BCUT2D eigenvalue weighted by Crippen LogP contribution is -1.89. The molecule has 0 spiro atoms. The lowest BCUT2D eigenvalue weighted by Gasteiger charge is -2.01. The summed E-state index contributed by atoms with van der Waals surface area (Å²) in [5, 5.41) is 1.12. The molecule has 0 atom stereocenters. The number of aryl methyl sites for hydroxylation is 2. The second-order valence-corrected chi connectivity index (χ2v) is 11.8. The van der Waals surface area contributed by atoms with Gasteiger partial charge in [-0.3, -0.25) is 0 Å². The van der Waals surface area contributed by atoms with Gasteiger partial charge in [-0.25, -0.2) is 4.98 Å². The molecule has 0 fully saturated rings. The van der Waals surface area contributed by atoms with Gasteiger partial charge in [0.1, 0.15) is 5.03 Å². The quantitative estimate of drug-likeness (QED) is 0.133. The zero-order valence-corrected chi connectivity index (χ0v) is 25.4. The first-order chi connectivity index (χ1) is 18.3. The fourth-order valence-electron chi connectivity index (χ4n) is 3.69. The molecule has 3 rings (SSSR count). The molecule has 0 saturated heterocycles. The van der Waals surface area contributed by atoms with Crippen molar-refractivity contribution in [2.45, 2.75) is 109 Å². The topological polar surface area (TPSA) is 12.9 Å². The Morgan fingerprint density at radius 2 is 0.973 bits per heavy atom. The van der Waals surface area contributed by atoms with Crippen LogP contribution in [0, 0.1) is 0 Å². The maximum absolute atomic E-state index is 4.27. The van der Waals surface area contributed by atoms with E-state index in [1.54, 1.807) is 10.8 Å². The van der Waals surface area contributed by atoms with Crippen molar-refractivity contribution >= 4 is 21.6 Å². The molecule has 1 heterocycles. The maximum Gasteiger partial charge on any atom is 0.106 e. The Morgan fingerprint density at radius 1 is 0.514 bits per heavy atom. The predicted molar refractivity (Wildman–Crippen MR) is 171 cm³/mol. The van der Waals surface area contributed by atoms with Crippen molar-refractivity contribution in [3.8, 4) is 0 Å². The van der Waals surface area contributed by atoms with E-state index in [0.29, 0.717) is 0 Å². The van der Waals surface area contributed by atoms with Crippen molar-refractivity contribution in [1.82, 2.24) is 4.98 Å². The molecule has 0 radical (unpaired) electrons. The summed E-state index contributed by atoms with van der Waals surface area (Å²) in [6.45, 7) is 6.77. The minimum atomic E-state index is 1.12. The second-order valence-electron chi connectivity index (χ2n) is 9.37. The molecule has 204 valence electrons. The first kappa shape index (κ1) is 33.3. The van der Waals surface area contributed by atoms with Crippen molar-refractivity contribution in [1.29, 1.82) is 0 Å². The van der Waals surface area contributed by atoms with Crippen LogP contribution in [-0.2, 0) is 12.8 Å². The highest BCUT2D eigenvalue weighted by molar-refractivity contribution is 8.76. The number of nitrogens with zero attached hydrogens (tertiary/aromatic N) is 1. The summed E-state index contributed by atoms with van der Waals surface area (Å²) in [5.74, 6) is 1.24. The molecule has 0 amide bonds. The fourth-order valence-corrected chi connectivity index (χ4v) is 5.72. The van der Waals surface area contributed by atoms with Gasteiger partial charge in [0, 0.05) is 11.9 Å². The zero-order chi connectivity index (χ0) is 26.7. The van der Waals surface area contributed by atoms with Gasteiger partial charge in [-0.2, -0.15) is 0 Å². The second kappa shape index (κ2) is 25.9. The highest BCUT2D eigenvalue weighted by Crippen LogP contribution is 2.29. The van der Waals surface area contributed by atoms with Gasteiger partial charge in [0.05, 0.1) is 0 Å². The Morgan fingerprint density at radius 3 is 1.41 bits per heavy atom. The molecule has 3 aromatic rings. The third kappa shape index (κ3) is 21.0. The Kier molecular flexibility index (Phi) is 23.3. The van der Waals surface area contributed by atoms with Gasteiger partial charge < -0.3 is 0 Å². The number of pyridine rings is 1. The van der Waals surface area contributed by atoms with E-state index in [0.717, 1.165) is 17.9 Å². The molecule has 0 aliphatic rings. The fraction of sp³-hybridized carbons (Fsp3) is 0.500. The third-order valence-electron chi connectivity index (χ3n) is 5.96. The van der Waals surface area contributed by atoms with Crippen molar-refractivity contribution in [3.63, 3.8) is 0 Å². The molecule has 0 aliphatic carbocycles. The van der Waals surface area contributed by atoms with Crippen LogP contribution in [0.15, 0.2) is 90.1 Å². The van der Waals surface area contributed by atoms with Crippen molar-refractivity contribution in [2.24, 2.45) is 0 Å². The Labute approximate surface area is 237 Å². The van der Waals surface area contributed by atoms with E-state index in [-0.39, 0.29) is 0 Å². The van der Waals surface area contributed by atoms with E-state index in [9.17, 15) is 0 Å². The zero-order valence-electron chi connectivity index (χ0n) is 23.7. The van der Waals surface area contributed by atoms with Gasteiger partial charge in [-0.05, 0) is 53.3 Å². The van der Waals surface area contributed by atoms with Gasteiger partial charge in [-0.15, -0.1) is 0 Å². The van der Waals surface area contributed by atoms with Crippen molar-refractivity contribution < 1.29 is 0 Å². The third-order valence-corrected chi connectivity index (χ3v) is 8.31. The maximum atomic E-state index is 4.27. The largest absolute Gasteiger partial charge is 0.249 e. The van der Waals surface area contributed by atoms with E-state index >= 15 is 0 Å². The summed E-state index contributed by atoms with van der Waals surface area (Å²) in [5.41, 5.74) is 2.83. The molecule has 3 heteroatoms. The summed E-state index contributed by atoms with van der Waals surface area (Å²) in [4.78, 5) is 4.27. The number of hydrogen-bond donors (Lipinski definition) is 0. The number of rotatable bonds is 16. The van der Waals surface area contributed by atoms with Gasteiger partial charge >= 0.3 is 0 Å². The number of unbranched alkanes of at least 4 members (excludes halogenated alkanes) is 9. The first-order valence-electron chi connectivity index (χ1n) is 14.6. The number of aromatic nitrogens is 1. The number of benzene rings is 2. The molecule has 2 aromatic carbocycles. The Balaban J connectivity index is 0.000000291. The molecule has 1 aromatic heterocycles. The molecular formula is C34H51NS2. The van der Waals surface area contributed by atoms with Crippen LogP contribution in [0.4, 0.5) is 0 Å². The Bertz CT molecular complexity index is 779. The van der Waals surface area contributed by atoms with Gasteiger partial charge in [0.2, 0.25) is 0 Å². The van der Waals surface area contributed by atoms with Crippen LogP contribution in [0.1, 0.15) is 103 Å². The number of hydrogen-bond acceptors (Lipinski definition) is 3. The molecule has 0 unspecified atom stereocenters. The van der Waals surface area contributed by atoms with Crippen LogP contribution in [0.5, 0.6) is 0 Å². The van der Waals surface area contributed by atoms with E-state index in [1.807, 2.05) is 29.1 Å². The van der Waals surface area contributed by atoms with E-state index in [4.69, 9.17) is 0 Å². The van der Waals surface area contributed by atoms with Crippen molar-refractivity contribution in [2.75, 3.05) is 5.75 Å². The molecule has 0 saturated carbocycles. The van der Waals surface area contributed by atoms with E-state index in [2.05, 4.69) is 92.5 Å². The van der Waals surface area contributed by atoms with Crippen LogP contribution in [-0.4, -0.2) is 10.7 Å². The average Bonchev–Trinajstić information content (AvgIpc) is 2.96. The average molecular weight is 538 g/mol. The predicted octanol–water partition coefficient (Wildman–Crippen LogP) is 11.6. The highest BCUT2D eigenvalue weighted by Gasteiger charge is 1.95. The van der Waals surface area contributed by atoms with Crippen LogP contribution >= 0.6 is 21.6 Å². The smallest absolute Gasteiger partial charge is 0.106 e.